The summed E-state index contributed by atoms with van der Waals surface area (Å²) in [5.74, 6) is -1.43. The molecule has 0 spiro atoms. The standard InChI is InChI=1S/C20H26N4O4.C14H13N3O4/c1-20(2,3)28-19(26)24-15(13-9-6-5-7-10-13)16(18(25)27-4)23-17-14(21)11-8-12-22-17;18-14(19)11(9-10-5-2-1-3-6-10)16-13-12(17(20)21)7-4-8-15-13/h5-12,15-16H,21H2,1-4H3,(H,22,23)(H,24,26);1-8,11H,9H2,(H,15,16)(H,18,19)/t15-,16-;/m1./s1. The molecule has 1 amide bonds. The maximum Gasteiger partial charge on any atom is 0.408 e. The molecule has 0 fully saturated rings. The first-order chi connectivity index (χ1) is 23.3. The topological polar surface area (TPSA) is 221 Å². The van der Waals surface area contributed by atoms with Gasteiger partial charge in [0.25, 0.3) is 0 Å². The number of nitro groups is 1. The summed E-state index contributed by atoms with van der Waals surface area (Å²) in [6.45, 7) is 5.28. The third-order valence-corrected chi connectivity index (χ3v) is 6.63. The Bertz CT molecular complexity index is 1700. The van der Waals surface area contributed by atoms with E-state index in [-0.39, 0.29) is 17.9 Å². The Hall–Kier alpha value is -6.25. The molecule has 258 valence electrons. The molecule has 2 aromatic heterocycles. The summed E-state index contributed by atoms with van der Waals surface area (Å²) in [5.41, 5.74) is 6.87. The Morgan fingerprint density at radius 3 is 2.04 bits per heavy atom. The van der Waals surface area contributed by atoms with Crippen molar-refractivity contribution in [2.75, 3.05) is 23.5 Å². The number of carboxylic acids is 1. The van der Waals surface area contributed by atoms with Gasteiger partial charge in [-0.2, -0.15) is 0 Å². The van der Waals surface area contributed by atoms with Gasteiger partial charge in [0, 0.05) is 24.9 Å². The minimum absolute atomic E-state index is 0.0502. The number of aliphatic carboxylic acids is 1. The summed E-state index contributed by atoms with van der Waals surface area (Å²) in [6, 6.07) is 21.3. The number of benzene rings is 2. The highest BCUT2D eigenvalue weighted by molar-refractivity contribution is 5.83. The number of carboxylic acid groups (broad SMARTS) is 1. The Balaban J connectivity index is 0.000000276. The number of pyridine rings is 2. The number of esters is 1. The largest absolute Gasteiger partial charge is 0.480 e. The van der Waals surface area contributed by atoms with Gasteiger partial charge in [0.05, 0.1) is 23.8 Å². The van der Waals surface area contributed by atoms with Gasteiger partial charge in [0.15, 0.2) is 6.04 Å². The van der Waals surface area contributed by atoms with Crippen LogP contribution in [0.15, 0.2) is 97.3 Å². The van der Waals surface area contributed by atoms with Crippen LogP contribution in [-0.4, -0.2) is 62.8 Å². The third kappa shape index (κ3) is 11.8. The van der Waals surface area contributed by atoms with Gasteiger partial charge in [-0.25, -0.2) is 24.4 Å². The summed E-state index contributed by atoms with van der Waals surface area (Å²) < 4.78 is 10.3. The van der Waals surface area contributed by atoms with Crippen molar-refractivity contribution in [2.45, 2.75) is 50.9 Å². The number of methoxy groups -OCH3 is 1. The van der Waals surface area contributed by atoms with Crippen LogP contribution in [0.4, 0.5) is 27.8 Å². The van der Waals surface area contributed by atoms with Gasteiger partial charge < -0.3 is 36.3 Å². The summed E-state index contributed by atoms with van der Waals surface area (Å²) in [5, 5.41) is 28.5. The molecule has 0 aliphatic carbocycles. The molecule has 2 heterocycles. The molecular weight excluding hydrogens is 634 g/mol. The number of carbonyl (C=O) groups is 3. The zero-order valence-electron chi connectivity index (χ0n) is 27.4. The van der Waals surface area contributed by atoms with Crippen molar-refractivity contribution in [3.05, 3.63) is 119 Å². The van der Waals surface area contributed by atoms with Gasteiger partial charge >= 0.3 is 23.7 Å². The molecule has 1 unspecified atom stereocenters. The fourth-order valence-corrected chi connectivity index (χ4v) is 4.42. The SMILES string of the molecule is COC(=O)[C@H](Nc1ncccc1N)[C@H](NC(=O)OC(C)(C)C)c1ccccc1.O=C(O)C(Cc1ccccc1)Nc1ncccc1[N+](=O)[O-]. The molecule has 0 aliphatic rings. The van der Waals surface area contributed by atoms with E-state index in [4.69, 9.17) is 15.2 Å². The fourth-order valence-electron chi connectivity index (χ4n) is 4.42. The highest BCUT2D eigenvalue weighted by Gasteiger charge is 2.34. The molecule has 0 saturated carbocycles. The molecule has 15 nitrogen and oxygen atoms in total. The average Bonchev–Trinajstić information content (AvgIpc) is 3.07. The van der Waals surface area contributed by atoms with Crippen LogP contribution in [0.2, 0.25) is 0 Å². The van der Waals surface area contributed by atoms with E-state index in [2.05, 4.69) is 25.9 Å². The van der Waals surface area contributed by atoms with Gasteiger partial charge in [0.1, 0.15) is 17.5 Å². The number of anilines is 3. The van der Waals surface area contributed by atoms with Gasteiger partial charge in [-0.3, -0.25) is 10.1 Å². The molecule has 0 aliphatic heterocycles. The molecule has 4 rings (SSSR count). The predicted octanol–water partition coefficient (Wildman–Crippen LogP) is 4.98. The number of ether oxygens (including phenoxy) is 2. The molecule has 6 N–H and O–H groups in total. The number of nitrogens with two attached hydrogens (primary N) is 1. The van der Waals surface area contributed by atoms with E-state index in [1.165, 1.54) is 25.4 Å². The second-order valence-electron chi connectivity index (χ2n) is 11.5. The molecule has 49 heavy (non-hydrogen) atoms. The van der Waals surface area contributed by atoms with E-state index in [0.29, 0.717) is 17.1 Å². The lowest BCUT2D eigenvalue weighted by molar-refractivity contribution is -0.384. The van der Waals surface area contributed by atoms with Crippen LogP contribution >= 0.6 is 0 Å². The van der Waals surface area contributed by atoms with Crippen LogP contribution in [0.3, 0.4) is 0 Å². The van der Waals surface area contributed by atoms with E-state index in [9.17, 15) is 29.6 Å². The number of rotatable bonds is 12. The van der Waals surface area contributed by atoms with E-state index in [0.717, 1.165) is 5.56 Å². The zero-order valence-corrected chi connectivity index (χ0v) is 27.4. The first-order valence-electron chi connectivity index (χ1n) is 15.0. The predicted molar refractivity (Wildman–Crippen MR) is 183 cm³/mol. The minimum atomic E-state index is -1.10. The fraction of sp³-hybridized carbons (Fsp3) is 0.265. The summed E-state index contributed by atoms with van der Waals surface area (Å²) in [4.78, 5) is 54.6. The summed E-state index contributed by atoms with van der Waals surface area (Å²) in [7, 11) is 1.27. The molecule has 0 radical (unpaired) electrons. The lowest BCUT2D eigenvalue weighted by Crippen LogP contribution is -2.46. The Morgan fingerprint density at radius 1 is 0.898 bits per heavy atom. The lowest BCUT2D eigenvalue weighted by atomic mass is 9.99. The van der Waals surface area contributed by atoms with E-state index < -0.39 is 46.7 Å². The monoisotopic (exact) mass is 673 g/mol. The van der Waals surface area contributed by atoms with E-state index >= 15 is 0 Å². The third-order valence-electron chi connectivity index (χ3n) is 6.63. The minimum Gasteiger partial charge on any atom is -0.480 e. The van der Waals surface area contributed by atoms with Crippen molar-refractivity contribution in [3.63, 3.8) is 0 Å². The van der Waals surface area contributed by atoms with Crippen LogP contribution in [0, 0.1) is 10.1 Å². The number of nitrogens with one attached hydrogen (secondary N) is 3. The normalized spacial score (nSPS) is 12.5. The number of carbonyl (C=O) groups excluding carboxylic acids is 2. The van der Waals surface area contributed by atoms with Crippen LogP contribution in [0.5, 0.6) is 0 Å². The summed E-state index contributed by atoms with van der Waals surface area (Å²) >= 11 is 0. The van der Waals surface area contributed by atoms with Crippen molar-refractivity contribution in [2.24, 2.45) is 0 Å². The van der Waals surface area contributed by atoms with E-state index in [1.54, 1.807) is 75.5 Å². The average molecular weight is 674 g/mol. The number of nitrogens with zero attached hydrogens (tertiary/aromatic N) is 3. The van der Waals surface area contributed by atoms with Crippen molar-refractivity contribution in [1.82, 2.24) is 15.3 Å². The zero-order chi connectivity index (χ0) is 36.0. The molecule has 2 aromatic carbocycles. The van der Waals surface area contributed by atoms with Crippen LogP contribution in [0.25, 0.3) is 0 Å². The van der Waals surface area contributed by atoms with Gasteiger partial charge in [-0.15, -0.1) is 0 Å². The Morgan fingerprint density at radius 2 is 1.49 bits per heavy atom. The quantitative estimate of drug-likeness (QED) is 0.0761. The molecule has 0 saturated heterocycles. The first-order valence-corrected chi connectivity index (χ1v) is 15.0. The molecular formula is C34H39N7O8. The number of hydrogen-bond acceptors (Lipinski definition) is 12. The van der Waals surface area contributed by atoms with Crippen LogP contribution in [0.1, 0.15) is 37.9 Å². The van der Waals surface area contributed by atoms with E-state index in [1.807, 2.05) is 24.3 Å². The molecule has 3 atom stereocenters. The maximum atomic E-state index is 12.6. The second-order valence-corrected chi connectivity index (χ2v) is 11.5. The highest BCUT2D eigenvalue weighted by atomic mass is 16.6. The molecule has 4 aromatic rings. The van der Waals surface area contributed by atoms with Crippen molar-refractivity contribution >= 4 is 41.0 Å². The number of nitrogen functional groups attached to an aromatic ring is 1. The smallest absolute Gasteiger partial charge is 0.408 e. The number of aromatic nitrogens is 2. The first kappa shape index (κ1) is 37.2. The Labute approximate surface area is 283 Å². The number of alkyl carbamates (subject to hydrolysis) is 1. The van der Waals surface area contributed by atoms with Crippen molar-refractivity contribution < 1.29 is 33.9 Å². The van der Waals surface area contributed by atoms with Crippen LogP contribution in [-0.2, 0) is 25.5 Å². The number of hydrogen-bond donors (Lipinski definition) is 5. The van der Waals surface area contributed by atoms with Gasteiger partial charge in [-0.1, -0.05) is 60.7 Å². The van der Waals surface area contributed by atoms with Crippen molar-refractivity contribution in [3.8, 4) is 0 Å². The maximum absolute atomic E-state index is 12.6. The Kier molecular flexibility index (Phi) is 13.4. The van der Waals surface area contributed by atoms with Crippen molar-refractivity contribution in [1.29, 1.82) is 0 Å². The molecule has 0 bridgehead atoms. The number of amides is 1. The molecule has 15 heteroatoms. The van der Waals surface area contributed by atoms with Crippen LogP contribution < -0.4 is 21.7 Å². The lowest BCUT2D eigenvalue weighted by Gasteiger charge is -2.29. The second kappa shape index (κ2) is 17.6. The highest BCUT2D eigenvalue weighted by Crippen LogP contribution is 2.25. The summed E-state index contributed by atoms with van der Waals surface area (Å²) in [6.07, 6.45) is 2.46. The van der Waals surface area contributed by atoms with Gasteiger partial charge in [0.2, 0.25) is 5.82 Å². The van der Waals surface area contributed by atoms with Gasteiger partial charge in [-0.05, 0) is 50.1 Å².